The van der Waals surface area contributed by atoms with E-state index in [1.807, 2.05) is 65.9 Å². The number of hydrazone groups is 1. The van der Waals surface area contributed by atoms with Gasteiger partial charge in [-0.15, -0.1) is 0 Å². The van der Waals surface area contributed by atoms with E-state index in [0.717, 1.165) is 129 Å². The van der Waals surface area contributed by atoms with E-state index in [0.29, 0.717) is 109 Å². The largest absolute Gasteiger partial charge is 0.444 e. The standard InChI is InChI=1S/C21H21Cl2N3O2.C21H19Cl2N3O2.C19H24ClN3O3.C18H27N3O4S.C11H19NO3.C8H5ClN2O.C7H10N2O2S/c2*22-15-5-1-4-14(7-15)21(28)25-17-6-2-3-13(8-17)20(27)19-10-16(23)9-18-11-24-12-26(18)19;1-19(2,3)26-18(25)22-14-6-4-5-12(7-14)17(24)16-9-13(20)8-15-10-21-11-23(15)16;1-13-8-10-16(11-9-13)26(23,24)21-20-15-7-5-6-14(12-15)19-17(22)25-18(2,3)4;1-11(2,3)15-10(14)12-8-5-4-6-9(13)7-8;9-6-1-7-3-10-5-11(7)8(2-6)4-12;1-6-2-4-7(5-3-6)12(10,11)9-8/h1,4-5,7,9-13,17,20,27H,2-3,6,8H2,(H,25,28);1,4-5,7,9-13,17H,2-3,6,8H2,(H,25,28);8-12,14H,4-7H2,1-3H3,(H,22,25);8-11,14,21H,5-7,12H2,1-4H3,(H,19,22);8H,4-7H2,1-3H3,(H,12,14);1-5H;2-5,9H,8H2,1H3/b;;;20-15+;;;. The summed E-state index contributed by atoms with van der Waals surface area (Å²) in [5, 5.41) is 32.9. The Bertz CT molecular complexity index is 6900. The second-order valence-electron chi connectivity index (χ2n) is 39.7. The number of imidazole rings is 4. The first kappa shape index (κ1) is 115. The van der Waals surface area contributed by atoms with Crippen molar-refractivity contribution in [3.05, 3.63) is 271 Å². The van der Waals surface area contributed by atoms with E-state index >= 15 is 0 Å². The molecule has 5 aliphatic rings. The highest BCUT2D eigenvalue weighted by atomic mass is 35.5. The predicted molar refractivity (Wildman–Crippen MR) is 567 cm³/mol. The molecule has 34 nitrogen and oxygen atoms in total. The number of aliphatic hydroxyl groups excluding tert-OH is 1. The summed E-state index contributed by atoms with van der Waals surface area (Å²) in [6, 6.07) is 40.4. The van der Waals surface area contributed by atoms with Gasteiger partial charge in [-0.3, -0.25) is 47.8 Å². The van der Waals surface area contributed by atoms with Crippen molar-refractivity contribution in [2.75, 3.05) is 0 Å². The van der Waals surface area contributed by atoms with Gasteiger partial charge in [0, 0.05) is 108 Å². The molecule has 786 valence electrons. The number of ether oxygens (including phenoxy) is 3. The van der Waals surface area contributed by atoms with Crippen molar-refractivity contribution in [1.82, 2.24) is 73.8 Å². The Kier molecular flexibility index (Phi) is 41.4. The van der Waals surface area contributed by atoms with Gasteiger partial charge in [0.25, 0.3) is 31.9 Å². The van der Waals surface area contributed by atoms with Crippen molar-refractivity contribution in [2.24, 2.45) is 28.7 Å². The highest BCUT2D eigenvalue weighted by molar-refractivity contribution is 7.89. The molecule has 5 aliphatic carbocycles. The number of benzene rings is 4. The molecular formula is C105H125Cl6N17O17S2. The van der Waals surface area contributed by atoms with Crippen LogP contribution in [0.5, 0.6) is 0 Å². The molecule has 12 aromatic rings. The third-order valence-electron chi connectivity index (χ3n) is 24.3. The minimum atomic E-state index is -3.69. The number of hydrogen-bond donors (Lipinski definition) is 9. The number of nitrogens with two attached hydrogens (primary N) is 1. The second-order valence-corrected chi connectivity index (χ2v) is 45.6. The number of ketones is 3. The number of amides is 5. The fourth-order valence-corrected chi connectivity index (χ4v) is 20.2. The third-order valence-corrected chi connectivity index (χ3v) is 28.1. The molecule has 5 amide bonds. The van der Waals surface area contributed by atoms with E-state index in [1.165, 1.54) is 12.1 Å². The van der Waals surface area contributed by atoms with Crippen LogP contribution in [0.3, 0.4) is 0 Å². The highest BCUT2D eigenvalue weighted by Crippen LogP contribution is 2.38. The summed E-state index contributed by atoms with van der Waals surface area (Å²) >= 11 is 36.3. The number of alkyl carbamates (subject to hydrolysis) is 3. The fourth-order valence-electron chi connectivity index (χ4n) is 17.5. The fraction of sp³-hybridized carbons (Fsp3) is 0.410. The Morgan fingerprint density at radius 1 is 0.442 bits per heavy atom. The van der Waals surface area contributed by atoms with Crippen molar-refractivity contribution in [3.63, 3.8) is 0 Å². The molecule has 0 spiro atoms. The van der Waals surface area contributed by atoms with Crippen molar-refractivity contribution in [2.45, 2.75) is 267 Å². The van der Waals surface area contributed by atoms with Crippen molar-refractivity contribution in [3.8, 4) is 0 Å². The van der Waals surface area contributed by atoms with Gasteiger partial charge in [0.05, 0.1) is 111 Å². The molecule has 9 atom stereocenters. The van der Waals surface area contributed by atoms with Gasteiger partial charge in [-0.1, -0.05) is 136 Å². The number of carbonyl (C=O) groups excluding carboxylic acids is 9. The summed E-state index contributed by atoms with van der Waals surface area (Å²) in [4.78, 5) is 129. The number of hydrazine groups is 1. The van der Waals surface area contributed by atoms with E-state index in [9.17, 15) is 65.1 Å². The molecule has 147 heavy (non-hydrogen) atoms. The van der Waals surface area contributed by atoms with Crippen LogP contribution in [0.1, 0.15) is 266 Å². The molecule has 5 fully saturated rings. The van der Waals surface area contributed by atoms with Gasteiger partial charge >= 0.3 is 18.3 Å². The van der Waals surface area contributed by atoms with Crippen LogP contribution in [0.4, 0.5) is 14.4 Å². The molecular weight excluding hydrogens is 2050 g/mol. The zero-order valence-corrected chi connectivity index (χ0v) is 89.7. The lowest BCUT2D eigenvalue weighted by molar-refractivity contribution is -0.120. The number of Topliss-reactive ketones (excluding diaryl/α,β-unsaturated/α-hetero) is 3. The topological polar surface area (TPSA) is 462 Å². The van der Waals surface area contributed by atoms with Crippen molar-refractivity contribution >= 4 is 171 Å². The van der Waals surface area contributed by atoms with Gasteiger partial charge in [-0.05, 0) is 281 Å². The molecule has 5 saturated carbocycles. The molecule has 4 aromatic carbocycles. The van der Waals surface area contributed by atoms with Gasteiger partial charge in [0.2, 0.25) is 0 Å². The zero-order valence-electron chi connectivity index (χ0n) is 83.6. The highest BCUT2D eigenvalue weighted by Gasteiger charge is 2.36. The number of aryl methyl sites for hydroxylation is 2. The Morgan fingerprint density at radius 3 is 1.27 bits per heavy atom. The minimum absolute atomic E-state index is 0.0114. The number of sulfonamides is 2. The first-order valence-corrected chi connectivity index (χ1v) is 53.5. The first-order chi connectivity index (χ1) is 69.5. The zero-order chi connectivity index (χ0) is 107. The summed E-state index contributed by atoms with van der Waals surface area (Å²) in [5.41, 5.74) is 7.76. The number of hydrogen-bond acceptors (Lipinski definition) is 23. The van der Waals surface area contributed by atoms with E-state index < -0.39 is 61.2 Å². The quantitative estimate of drug-likeness (QED) is 0.0119. The van der Waals surface area contributed by atoms with Crippen LogP contribution in [-0.2, 0) is 39.1 Å². The predicted octanol–water partition coefficient (Wildman–Crippen LogP) is 20.8. The lowest BCUT2D eigenvalue weighted by Crippen LogP contribution is -2.42. The molecule has 0 aliphatic heterocycles. The van der Waals surface area contributed by atoms with Crippen LogP contribution in [0, 0.1) is 31.6 Å². The number of carbonyl (C=O) groups is 9. The molecule has 9 unspecified atom stereocenters. The third kappa shape index (κ3) is 35.7. The van der Waals surface area contributed by atoms with Gasteiger partial charge in [-0.2, -0.15) is 18.4 Å². The van der Waals surface area contributed by atoms with Crippen LogP contribution in [0.15, 0.2) is 211 Å². The van der Waals surface area contributed by atoms with Gasteiger partial charge in [0.15, 0.2) is 17.9 Å². The summed E-state index contributed by atoms with van der Waals surface area (Å²) in [5.74, 6) is 4.53. The Balaban J connectivity index is 0.000000167. The average Bonchev–Trinajstić information content (AvgIpc) is 1.68. The van der Waals surface area contributed by atoms with Gasteiger partial charge < -0.3 is 50.3 Å². The van der Waals surface area contributed by atoms with Crippen molar-refractivity contribution < 1.29 is 79.3 Å². The monoisotopic (exact) mass is 2170 g/mol. The number of fused-ring (bicyclic) bond motifs is 4. The van der Waals surface area contributed by atoms with Crippen LogP contribution < -0.4 is 42.1 Å². The van der Waals surface area contributed by atoms with E-state index in [-0.39, 0.29) is 86.9 Å². The van der Waals surface area contributed by atoms with Crippen LogP contribution >= 0.6 is 69.6 Å². The average molecular weight is 2170 g/mol. The molecule has 0 bridgehead atoms. The number of aldehydes is 1. The smallest absolute Gasteiger partial charge is 0.407 e. The molecule has 0 radical (unpaired) electrons. The number of aromatic nitrogens is 8. The summed E-state index contributed by atoms with van der Waals surface area (Å²) in [7, 11) is -7.18. The molecule has 17 rings (SSSR count). The second kappa shape index (κ2) is 52.8. The van der Waals surface area contributed by atoms with E-state index in [2.05, 4.69) is 56.5 Å². The maximum absolute atomic E-state index is 13.2. The summed E-state index contributed by atoms with van der Waals surface area (Å²) < 4.78 is 69.5. The van der Waals surface area contributed by atoms with Crippen LogP contribution in [0.2, 0.25) is 30.1 Å². The number of halogens is 6. The first-order valence-electron chi connectivity index (χ1n) is 48.3. The van der Waals surface area contributed by atoms with E-state index in [1.54, 1.807) is 216 Å². The number of rotatable bonds is 19. The summed E-state index contributed by atoms with van der Waals surface area (Å²) in [6.07, 6.45) is 27.3. The molecule has 8 heterocycles. The Labute approximate surface area is 884 Å². The maximum Gasteiger partial charge on any atom is 0.407 e. The Morgan fingerprint density at radius 2 is 0.823 bits per heavy atom. The maximum atomic E-state index is 13.2. The Hall–Kier alpha value is -11.9. The van der Waals surface area contributed by atoms with Gasteiger partial charge in [-0.25, -0.2) is 47.6 Å². The van der Waals surface area contributed by atoms with Crippen LogP contribution in [-0.4, -0.2) is 166 Å². The lowest BCUT2D eigenvalue weighted by atomic mass is 9.81. The number of aliphatic hydroxyl groups is 1. The number of pyridine rings is 4. The minimum Gasteiger partial charge on any atom is -0.444 e. The number of nitrogens with zero attached hydrogens (tertiary/aromatic N) is 9. The van der Waals surface area contributed by atoms with Gasteiger partial charge in [0.1, 0.15) is 22.6 Å². The molecule has 10 N–H and O–H groups in total. The molecule has 0 saturated heterocycles. The SMILES string of the molecule is CC(C)(C)OC(=O)NC1CCCC(=O)C1.CC(C)(C)OC(=O)NC1CCCC(C(=O)c2cc(Cl)cc3cncn23)C1.Cc1ccc(S(=O)(=O)N/N=C2\CCCC(NC(=O)OC(C)(C)C)C2)cc1.Cc1ccc(S(=O)(=O)NN)cc1.O=C(NC1CCCC(C(=O)c2cc(Cl)cc3cncn23)C1)c1cccc(Cl)c1.O=C(NC1CCCC(C(O)c2cc(Cl)cc3cncn23)C1)c1cccc(Cl)c1.O=Cc1cc(Cl)cc2cncn12. The number of nitrogens with one attached hydrogen (secondary N) is 7. The van der Waals surface area contributed by atoms with E-state index in [4.69, 9.17) is 89.7 Å². The molecule has 8 aromatic heterocycles. The van der Waals surface area contributed by atoms with Crippen molar-refractivity contribution in [1.29, 1.82) is 0 Å². The molecule has 42 heteroatoms. The summed E-state index contributed by atoms with van der Waals surface area (Å²) in [6.45, 7) is 20.1. The lowest BCUT2D eigenvalue weighted by Gasteiger charge is -2.33. The van der Waals surface area contributed by atoms with Crippen LogP contribution in [0.25, 0.3) is 22.1 Å². The normalized spacial score (nSPS) is 18.9.